The molecule has 5 rings (SSSR count). The predicted octanol–water partition coefficient (Wildman–Crippen LogP) is 5.05. The monoisotopic (exact) mass is 385 g/mol. The van der Waals surface area contributed by atoms with Crippen molar-refractivity contribution in [2.24, 2.45) is 0 Å². The van der Waals surface area contributed by atoms with Crippen molar-refractivity contribution in [1.82, 2.24) is 0 Å². The van der Waals surface area contributed by atoms with Crippen LogP contribution in [0.3, 0.4) is 0 Å². The summed E-state index contributed by atoms with van der Waals surface area (Å²) in [6, 6.07) is 24.8. The second-order valence-corrected chi connectivity index (χ2v) is 6.85. The Balaban J connectivity index is 1.50. The molecule has 1 aromatic heterocycles. The molecule has 5 nitrogen and oxygen atoms in total. The van der Waals surface area contributed by atoms with E-state index < -0.39 is 0 Å². The first kappa shape index (κ1) is 17.4. The van der Waals surface area contributed by atoms with Crippen molar-refractivity contribution >= 4 is 22.6 Å². The molecule has 0 saturated carbocycles. The van der Waals surface area contributed by atoms with Gasteiger partial charge in [-0.2, -0.15) is 0 Å². The highest BCUT2D eigenvalue weighted by Gasteiger charge is 2.23. The molecule has 0 unspecified atom stereocenters. The third kappa shape index (κ3) is 3.43. The van der Waals surface area contributed by atoms with Crippen LogP contribution in [0.25, 0.3) is 11.0 Å². The number of amides is 1. The van der Waals surface area contributed by atoms with Crippen LogP contribution in [0.2, 0.25) is 0 Å². The van der Waals surface area contributed by atoms with Gasteiger partial charge in [-0.3, -0.25) is 4.79 Å². The van der Waals surface area contributed by atoms with Crippen LogP contribution in [0.4, 0.5) is 5.69 Å². The molecule has 0 atom stereocenters. The number of furan rings is 1. The largest absolute Gasteiger partial charge is 0.486 e. The van der Waals surface area contributed by atoms with Crippen LogP contribution in [0.5, 0.6) is 11.5 Å². The number of para-hydroxylation sites is 2. The number of ether oxygens (including phenoxy) is 2. The molecule has 29 heavy (non-hydrogen) atoms. The summed E-state index contributed by atoms with van der Waals surface area (Å²) in [5.74, 6) is 1.56. The van der Waals surface area contributed by atoms with Gasteiger partial charge in [0.2, 0.25) is 0 Å². The van der Waals surface area contributed by atoms with Gasteiger partial charge in [0, 0.05) is 11.1 Å². The fraction of sp³-hybridized carbons (Fsp3) is 0.125. The fourth-order valence-corrected chi connectivity index (χ4v) is 3.48. The minimum Gasteiger partial charge on any atom is -0.486 e. The maximum absolute atomic E-state index is 13.4. The SMILES string of the molecule is O=C(c1cc2ccccc2o1)N(Cc1ccc2c(c1)OCCO2)c1ccccc1. The highest BCUT2D eigenvalue weighted by molar-refractivity contribution is 6.06. The number of carbonyl (C=O) groups is 1. The van der Waals surface area contributed by atoms with E-state index in [2.05, 4.69) is 0 Å². The maximum atomic E-state index is 13.4. The lowest BCUT2D eigenvalue weighted by molar-refractivity contribution is 0.0960. The Morgan fingerprint density at radius 3 is 2.41 bits per heavy atom. The number of hydrogen-bond donors (Lipinski definition) is 0. The second-order valence-electron chi connectivity index (χ2n) is 6.85. The summed E-state index contributed by atoms with van der Waals surface area (Å²) in [6.45, 7) is 1.46. The summed E-state index contributed by atoms with van der Waals surface area (Å²) in [4.78, 5) is 15.1. The standard InChI is InChI=1S/C24H19NO4/c26-24(23-15-18-6-4-5-9-20(18)29-23)25(19-7-2-1-3-8-19)16-17-10-11-21-22(14-17)28-13-12-27-21/h1-11,14-15H,12-13,16H2. The Hall–Kier alpha value is -3.73. The number of anilines is 1. The molecule has 0 radical (unpaired) electrons. The van der Waals surface area contributed by atoms with E-state index in [4.69, 9.17) is 13.9 Å². The zero-order valence-electron chi connectivity index (χ0n) is 15.7. The van der Waals surface area contributed by atoms with Crippen LogP contribution in [0, 0.1) is 0 Å². The average molecular weight is 385 g/mol. The molecule has 3 aromatic carbocycles. The minimum atomic E-state index is -0.192. The predicted molar refractivity (Wildman–Crippen MR) is 111 cm³/mol. The third-order valence-corrected chi connectivity index (χ3v) is 4.90. The molecule has 4 aromatic rings. The van der Waals surface area contributed by atoms with E-state index in [1.807, 2.05) is 72.8 Å². The van der Waals surface area contributed by atoms with Crippen molar-refractivity contribution in [2.75, 3.05) is 18.1 Å². The van der Waals surface area contributed by atoms with Crippen molar-refractivity contribution in [3.63, 3.8) is 0 Å². The number of nitrogens with zero attached hydrogens (tertiary/aromatic N) is 1. The smallest absolute Gasteiger partial charge is 0.294 e. The fourth-order valence-electron chi connectivity index (χ4n) is 3.48. The molecule has 144 valence electrons. The maximum Gasteiger partial charge on any atom is 0.294 e. The van der Waals surface area contributed by atoms with Crippen molar-refractivity contribution in [2.45, 2.75) is 6.54 Å². The molecule has 0 saturated heterocycles. The molecule has 1 amide bonds. The van der Waals surface area contributed by atoms with Gasteiger partial charge in [-0.15, -0.1) is 0 Å². The van der Waals surface area contributed by atoms with Crippen LogP contribution in [0.15, 0.2) is 83.3 Å². The van der Waals surface area contributed by atoms with Gasteiger partial charge in [-0.05, 0) is 42.0 Å². The Bertz CT molecular complexity index is 1130. The highest BCUT2D eigenvalue weighted by Crippen LogP contribution is 2.32. The number of hydrogen-bond acceptors (Lipinski definition) is 4. The molecule has 0 fully saturated rings. The minimum absolute atomic E-state index is 0.192. The van der Waals surface area contributed by atoms with Gasteiger partial charge >= 0.3 is 0 Å². The van der Waals surface area contributed by atoms with Gasteiger partial charge in [-0.1, -0.05) is 42.5 Å². The molecule has 0 bridgehead atoms. The number of rotatable bonds is 4. The highest BCUT2D eigenvalue weighted by atomic mass is 16.6. The Labute approximate surface area is 168 Å². The van der Waals surface area contributed by atoms with E-state index in [-0.39, 0.29) is 5.91 Å². The lowest BCUT2D eigenvalue weighted by atomic mass is 10.1. The number of fused-ring (bicyclic) bond motifs is 2. The Morgan fingerprint density at radius 1 is 0.828 bits per heavy atom. The summed E-state index contributed by atoms with van der Waals surface area (Å²) in [5.41, 5.74) is 2.44. The van der Waals surface area contributed by atoms with Crippen LogP contribution in [-0.4, -0.2) is 19.1 Å². The lowest BCUT2D eigenvalue weighted by Gasteiger charge is -2.23. The summed E-state index contributed by atoms with van der Waals surface area (Å²) in [5, 5.41) is 0.906. The lowest BCUT2D eigenvalue weighted by Crippen LogP contribution is -2.30. The third-order valence-electron chi connectivity index (χ3n) is 4.90. The average Bonchev–Trinajstić information content (AvgIpc) is 3.22. The van der Waals surface area contributed by atoms with Crippen molar-refractivity contribution in [3.05, 3.63) is 90.2 Å². The van der Waals surface area contributed by atoms with Crippen LogP contribution in [-0.2, 0) is 6.54 Å². The zero-order valence-corrected chi connectivity index (χ0v) is 15.7. The first-order valence-corrected chi connectivity index (χ1v) is 9.52. The molecule has 0 spiro atoms. The molecular formula is C24H19NO4. The van der Waals surface area contributed by atoms with E-state index in [0.29, 0.717) is 36.9 Å². The quantitative estimate of drug-likeness (QED) is 0.493. The molecule has 1 aliphatic rings. The summed E-state index contributed by atoms with van der Waals surface area (Å²) < 4.78 is 17.1. The van der Waals surface area contributed by atoms with Crippen LogP contribution >= 0.6 is 0 Å². The van der Waals surface area contributed by atoms with Gasteiger partial charge in [0.1, 0.15) is 18.8 Å². The first-order chi connectivity index (χ1) is 14.3. The Morgan fingerprint density at radius 2 is 1.59 bits per heavy atom. The number of benzene rings is 3. The summed E-state index contributed by atoms with van der Waals surface area (Å²) >= 11 is 0. The van der Waals surface area contributed by atoms with Crippen molar-refractivity contribution < 1.29 is 18.7 Å². The molecule has 1 aliphatic heterocycles. The topological polar surface area (TPSA) is 51.9 Å². The van der Waals surface area contributed by atoms with Gasteiger partial charge in [0.05, 0.1) is 6.54 Å². The van der Waals surface area contributed by atoms with Gasteiger partial charge < -0.3 is 18.8 Å². The Kier molecular flexibility index (Phi) is 4.41. The van der Waals surface area contributed by atoms with E-state index in [1.54, 1.807) is 11.0 Å². The second kappa shape index (κ2) is 7.36. The van der Waals surface area contributed by atoms with Gasteiger partial charge in [0.15, 0.2) is 17.3 Å². The molecule has 0 aliphatic carbocycles. The van der Waals surface area contributed by atoms with Gasteiger partial charge in [0.25, 0.3) is 5.91 Å². The van der Waals surface area contributed by atoms with E-state index in [9.17, 15) is 4.79 Å². The van der Waals surface area contributed by atoms with E-state index in [0.717, 1.165) is 22.4 Å². The molecule has 5 heteroatoms. The van der Waals surface area contributed by atoms with Crippen LogP contribution < -0.4 is 14.4 Å². The van der Waals surface area contributed by atoms with E-state index in [1.165, 1.54) is 0 Å². The normalized spacial score (nSPS) is 12.7. The summed E-state index contributed by atoms with van der Waals surface area (Å²) in [7, 11) is 0. The number of carbonyl (C=O) groups excluding carboxylic acids is 1. The molecule has 0 N–H and O–H groups in total. The molecule has 2 heterocycles. The molecular weight excluding hydrogens is 366 g/mol. The van der Waals surface area contributed by atoms with Crippen molar-refractivity contribution in [1.29, 1.82) is 0 Å². The van der Waals surface area contributed by atoms with E-state index >= 15 is 0 Å². The zero-order chi connectivity index (χ0) is 19.6. The summed E-state index contributed by atoms with van der Waals surface area (Å²) in [6.07, 6.45) is 0. The van der Waals surface area contributed by atoms with Crippen molar-refractivity contribution in [3.8, 4) is 11.5 Å². The van der Waals surface area contributed by atoms with Crippen LogP contribution in [0.1, 0.15) is 16.1 Å². The first-order valence-electron chi connectivity index (χ1n) is 9.52. The van der Waals surface area contributed by atoms with Gasteiger partial charge in [-0.25, -0.2) is 0 Å².